The molecule has 0 atom stereocenters. The van der Waals surface area contributed by atoms with Crippen LogP contribution in [0.1, 0.15) is 36.8 Å². The van der Waals surface area contributed by atoms with E-state index in [0.29, 0.717) is 5.41 Å². The van der Waals surface area contributed by atoms with E-state index in [1.165, 1.54) is 36.8 Å². The molecule has 0 amide bonds. The third-order valence-electron chi connectivity index (χ3n) is 5.00. The highest BCUT2D eigenvalue weighted by Gasteiger charge is 2.54. The van der Waals surface area contributed by atoms with Crippen LogP contribution in [0.5, 0.6) is 0 Å². The van der Waals surface area contributed by atoms with Crippen molar-refractivity contribution in [3.05, 3.63) is 35.4 Å². The highest BCUT2D eigenvalue weighted by molar-refractivity contribution is 5.34. The van der Waals surface area contributed by atoms with Gasteiger partial charge in [0.25, 0.3) is 0 Å². The predicted molar refractivity (Wildman–Crippen MR) is 73.6 cm³/mol. The zero-order valence-corrected chi connectivity index (χ0v) is 11.2. The van der Waals surface area contributed by atoms with E-state index < -0.39 is 0 Å². The van der Waals surface area contributed by atoms with Crippen molar-refractivity contribution in [1.29, 1.82) is 0 Å². The van der Waals surface area contributed by atoms with Crippen molar-refractivity contribution in [1.82, 2.24) is 0 Å². The summed E-state index contributed by atoms with van der Waals surface area (Å²) >= 11 is 0. The van der Waals surface area contributed by atoms with Gasteiger partial charge in [-0.05, 0) is 43.6 Å². The minimum Gasteiger partial charge on any atom is -0.381 e. The number of ether oxygens (including phenoxy) is 1. The van der Waals surface area contributed by atoms with Gasteiger partial charge in [0.05, 0.1) is 0 Å². The Labute approximate surface area is 110 Å². The molecule has 3 rings (SSSR count). The van der Waals surface area contributed by atoms with Crippen LogP contribution in [0.15, 0.2) is 24.3 Å². The molecule has 1 saturated heterocycles. The fraction of sp³-hybridized carbons (Fsp3) is 0.625. The molecule has 0 unspecified atom stereocenters. The Morgan fingerprint density at radius 3 is 2.56 bits per heavy atom. The number of nitrogens with two attached hydrogens (primary N) is 1. The van der Waals surface area contributed by atoms with Crippen molar-refractivity contribution in [2.75, 3.05) is 19.8 Å². The van der Waals surface area contributed by atoms with Gasteiger partial charge >= 0.3 is 0 Å². The van der Waals surface area contributed by atoms with E-state index in [0.717, 1.165) is 19.8 Å². The molecule has 0 aromatic heterocycles. The first kappa shape index (κ1) is 12.2. The topological polar surface area (TPSA) is 35.2 Å². The van der Waals surface area contributed by atoms with Crippen LogP contribution in [0.2, 0.25) is 0 Å². The van der Waals surface area contributed by atoms with Gasteiger partial charge in [0.2, 0.25) is 0 Å². The minimum absolute atomic E-state index is 0.239. The zero-order chi connectivity index (χ0) is 12.6. The Kier molecular flexibility index (Phi) is 2.95. The van der Waals surface area contributed by atoms with Crippen LogP contribution in [-0.4, -0.2) is 19.8 Å². The van der Waals surface area contributed by atoms with Crippen LogP contribution in [0, 0.1) is 12.3 Å². The molecule has 18 heavy (non-hydrogen) atoms. The maximum absolute atomic E-state index is 6.11. The molecule has 2 aliphatic rings. The molecular weight excluding hydrogens is 222 g/mol. The Hall–Kier alpha value is -0.860. The van der Waals surface area contributed by atoms with Gasteiger partial charge in [-0.15, -0.1) is 0 Å². The SMILES string of the molecule is Cc1cccc(C2(CN)CC3(CCOCC3)C2)c1. The van der Waals surface area contributed by atoms with E-state index in [1.807, 2.05) is 0 Å². The molecule has 1 aliphatic carbocycles. The van der Waals surface area contributed by atoms with Crippen molar-refractivity contribution >= 4 is 0 Å². The molecule has 2 fully saturated rings. The Morgan fingerprint density at radius 1 is 1.22 bits per heavy atom. The van der Waals surface area contributed by atoms with Crippen molar-refractivity contribution in [2.45, 2.75) is 38.0 Å². The molecule has 0 bridgehead atoms. The molecule has 2 N–H and O–H groups in total. The molecular formula is C16H23NO. The second kappa shape index (κ2) is 4.36. The first-order valence-electron chi connectivity index (χ1n) is 7.03. The smallest absolute Gasteiger partial charge is 0.0471 e. The Bertz CT molecular complexity index is 426. The fourth-order valence-corrected chi connectivity index (χ4v) is 3.98. The summed E-state index contributed by atoms with van der Waals surface area (Å²) in [6, 6.07) is 8.90. The second-order valence-corrected chi connectivity index (χ2v) is 6.32. The van der Waals surface area contributed by atoms with E-state index in [4.69, 9.17) is 10.5 Å². The average molecular weight is 245 g/mol. The summed E-state index contributed by atoms with van der Waals surface area (Å²) < 4.78 is 5.50. The summed E-state index contributed by atoms with van der Waals surface area (Å²) in [6.45, 7) is 4.82. The van der Waals surface area contributed by atoms with E-state index in [-0.39, 0.29) is 5.41 Å². The van der Waals surface area contributed by atoms with Crippen LogP contribution in [-0.2, 0) is 10.2 Å². The molecule has 0 radical (unpaired) electrons. The number of aryl methyl sites for hydroxylation is 1. The molecule has 98 valence electrons. The summed E-state index contributed by atoms with van der Waals surface area (Å²) in [5, 5.41) is 0. The molecule has 1 aromatic carbocycles. The lowest BCUT2D eigenvalue weighted by Crippen LogP contribution is -2.55. The quantitative estimate of drug-likeness (QED) is 0.869. The number of rotatable bonds is 2. The lowest BCUT2D eigenvalue weighted by Gasteiger charge is -2.58. The maximum atomic E-state index is 6.11. The highest BCUT2D eigenvalue weighted by atomic mass is 16.5. The Balaban J connectivity index is 1.82. The monoisotopic (exact) mass is 245 g/mol. The van der Waals surface area contributed by atoms with Crippen molar-refractivity contribution in [3.8, 4) is 0 Å². The molecule has 1 heterocycles. The largest absolute Gasteiger partial charge is 0.381 e. The van der Waals surface area contributed by atoms with Crippen LogP contribution in [0.25, 0.3) is 0 Å². The summed E-state index contributed by atoms with van der Waals surface area (Å²) in [6.07, 6.45) is 4.95. The molecule has 1 spiro atoms. The summed E-state index contributed by atoms with van der Waals surface area (Å²) in [4.78, 5) is 0. The van der Waals surface area contributed by atoms with Gasteiger partial charge in [0.15, 0.2) is 0 Å². The first-order chi connectivity index (χ1) is 8.68. The zero-order valence-electron chi connectivity index (χ0n) is 11.2. The Morgan fingerprint density at radius 2 is 1.94 bits per heavy atom. The third kappa shape index (κ3) is 1.88. The maximum Gasteiger partial charge on any atom is 0.0471 e. The van der Waals surface area contributed by atoms with Gasteiger partial charge in [-0.2, -0.15) is 0 Å². The van der Waals surface area contributed by atoms with Crippen LogP contribution in [0.3, 0.4) is 0 Å². The molecule has 2 heteroatoms. The molecule has 1 saturated carbocycles. The van der Waals surface area contributed by atoms with Gasteiger partial charge in [0, 0.05) is 25.2 Å². The highest BCUT2D eigenvalue weighted by Crippen LogP contribution is 2.59. The molecule has 1 aromatic rings. The van der Waals surface area contributed by atoms with Gasteiger partial charge < -0.3 is 10.5 Å². The van der Waals surface area contributed by atoms with E-state index in [1.54, 1.807) is 0 Å². The predicted octanol–water partition coefficient (Wildman–Crippen LogP) is 2.78. The van der Waals surface area contributed by atoms with Crippen molar-refractivity contribution in [2.24, 2.45) is 11.1 Å². The van der Waals surface area contributed by atoms with E-state index >= 15 is 0 Å². The number of hydrogen-bond acceptors (Lipinski definition) is 2. The van der Waals surface area contributed by atoms with Crippen molar-refractivity contribution < 1.29 is 4.74 Å². The fourth-order valence-electron chi connectivity index (χ4n) is 3.98. The first-order valence-corrected chi connectivity index (χ1v) is 7.03. The third-order valence-corrected chi connectivity index (χ3v) is 5.00. The number of hydrogen-bond donors (Lipinski definition) is 1. The standard InChI is InChI=1S/C16H23NO/c1-13-3-2-4-14(9-13)16(12-17)10-15(11-16)5-7-18-8-6-15/h2-4,9H,5-8,10-12,17H2,1H3. The van der Waals surface area contributed by atoms with Gasteiger partial charge in [-0.1, -0.05) is 29.8 Å². The van der Waals surface area contributed by atoms with Crippen LogP contribution in [0.4, 0.5) is 0 Å². The second-order valence-electron chi connectivity index (χ2n) is 6.32. The minimum atomic E-state index is 0.239. The van der Waals surface area contributed by atoms with Crippen molar-refractivity contribution in [3.63, 3.8) is 0 Å². The van der Waals surface area contributed by atoms with E-state index in [9.17, 15) is 0 Å². The summed E-state index contributed by atoms with van der Waals surface area (Å²) in [5.74, 6) is 0. The normalized spacial score (nSPS) is 24.8. The van der Waals surface area contributed by atoms with Crippen LogP contribution >= 0.6 is 0 Å². The van der Waals surface area contributed by atoms with E-state index in [2.05, 4.69) is 31.2 Å². The van der Waals surface area contributed by atoms with Gasteiger partial charge in [-0.3, -0.25) is 0 Å². The summed E-state index contributed by atoms with van der Waals surface area (Å²) in [5.41, 5.74) is 9.67. The van der Waals surface area contributed by atoms with Crippen LogP contribution < -0.4 is 5.73 Å². The average Bonchev–Trinajstić information content (AvgIpc) is 2.36. The number of benzene rings is 1. The van der Waals surface area contributed by atoms with Gasteiger partial charge in [0.1, 0.15) is 0 Å². The lowest BCUT2D eigenvalue weighted by molar-refractivity contribution is -0.0714. The lowest BCUT2D eigenvalue weighted by atomic mass is 9.48. The van der Waals surface area contributed by atoms with Gasteiger partial charge in [-0.25, -0.2) is 0 Å². The molecule has 1 aliphatic heterocycles. The molecule has 2 nitrogen and oxygen atoms in total. The summed E-state index contributed by atoms with van der Waals surface area (Å²) in [7, 11) is 0.